The molecule has 0 saturated heterocycles. The van der Waals surface area contributed by atoms with Gasteiger partial charge in [-0.05, 0) is 74.2 Å². The van der Waals surface area contributed by atoms with Crippen LogP contribution in [0.5, 0.6) is 5.75 Å². The maximum atomic E-state index is 12.4. The number of nitrogens with one attached hydrogen (secondary N) is 1. The standard InChI is InChI=1S/C21H23N3O2/c1-14-5-6-16(3)20(11-14)26-13-24-10-9-19(23-24)21(25)22-18-8-7-15(2)17(4)12-18/h5-12H,13H2,1-4H3,(H,22,25). The summed E-state index contributed by atoms with van der Waals surface area (Å²) >= 11 is 0. The first-order chi connectivity index (χ1) is 12.4. The number of aromatic nitrogens is 2. The molecule has 3 aromatic rings. The zero-order chi connectivity index (χ0) is 18.7. The first kappa shape index (κ1) is 17.7. The molecule has 26 heavy (non-hydrogen) atoms. The second-order valence-corrected chi connectivity index (χ2v) is 6.54. The Kier molecular flexibility index (Phi) is 5.07. The van der Waals surface area contributed by atoms with Crippen LogP contribution in [0.3, 0.4) is 0 Å². The molecular weight excluding hydrogens is 326 g/mol. The number of nitrogens with zero attached hydrogens (tertiary/aromatic N) is 2. The highest BCUT2D eigenvalue weighted by atomic mass is 16.5. The highest BCUT2D eigenvalue weighted by Crippen LogP contribution is 2.19. The van der Waals surface area contributed by atoms with Crippen molar-refractivity contribution in [1.82, 2.24) is 9.78 Å². The Morgan fingerprint density at radius 2 is 1.77 bits per heavy atom. The lowest BCUT2D eigenvalue weighted by atomic mass is 10.1. The number of ether oxygens (including phenoxy) is 1. The molecule has 0 bridgehead atoms. The van der Waals surface area contributed by atoms with E-state index < -0.39 is 0 Å². The van der Waals surface area contributed by atoms with Crippen LogP contribution in [0.25, 0.3) is 0 Å². The van der Waals surface area contributed by atoms with Gasteiger partial charge >= 0.3 is 0 Å². The second-order valence-electron chi connectivity index (χ2n) is 6.54. The average Bonchev–Trinajstić information content (AvgIpc) is 3.08. The number of benzene rings is 2. The van der Waals surface area contributed by atoms with E-state index in [1.807, 2.05) is 64.1 Å². The molecule has 0 unspecified atom stereocenters. The third kappa shape index (κ3) is 4.11. The lowest BCUT2D eigenvalue weighted by Gasteiger charge is -2.10. The van der Waals surface area contributed by atoms with Crippen LogP contribution < -0.4 is 10.1 Å². The van der Waals surface area contributed by atoms with Crippen LogP contribution in [0.1, 0.15) is 32.7 Å². The summed E-state index contributed by atoms with van der Waals surface area (Å²) in [5, 5.41) is 7.17. The van der Waals surface area contributed by atoms with E-state index in [1.165, 1.54) is 5.56 Å². The van der Waals surface area contributed by atoms with Crippen molar-refractivity contribution < 1.29 is 9.53 Å². The molecular formula is C21H23N3O2. The number of hydrogen-bond donors (Lipinski definition) is 1. The third-order valence-electron chi connectivity index (χ3n) is 4.33. The van der Waals surface area contributed by atoms with Crippen LogP contribution >= 0.6 is 0 Å². The van der Waals surface area contributed by atoms with Crippen LogP contribution in [-0.2, 0) is 6.73 Å². The van der Waals surface area contributed by atoms with Gasteiger partial charge in [0.15, 0.2) is 12.4 Å². The summed E-state index contributed by atoms with van der Waals surface area (Å²) in [5.74, 6) is 0.584. The Balaban J connectivity index is 1.64. The van der Waals surface area contributed by atoms with Gasteiger partial charge in [-0.25, -0.2) is 4.68 Å². The first-order valence-electron chi connectivity index (χ1n) is 8.54. The Labute approximate surface area is 153 Å². The van der Waals surface area contributed by atoms with Gasteiger partial charge in [0, 0.05) is 11.9 Å². The molecule has 2 aromatic carbocycles. The van der Waals surface area contributed by atoms with Crippen molar-refractivity contribution >= 4 is 11.6 Å². The molecule has 0 spiro atoms. The minimum Gasteiger partial charge on any atom is -0.471 e. The van der Waals surface area contributed by atoms with Gasteiger partial charge in [0.05, 0.1) is 0 Å². The number of amides is 1. The van der Waals surface area contributed by atoms with Crippen LogP contribution in [0.4, 0.5) is 5.69 Å². The summed E-state index contributed by atoms with van der Waals surface area (Å²) in [6.45, 7) is 8.33. The van der Waals surface area contributed by atoms with Gasteiger partial charge in [-0.2, -0.15) is 5.10 Å². The molecule has 134 valence electrons. The number of aryl methyl sites for hydroxylation is 4. The maximum absolute atomic E-state index is 12.4. The summed E-state index contributed by atoms with van der Waals surface area (Å²) in [6, 6.07) is 13.6. The Bertz CT molecular complexity index is 944. The van der Waals surface area contributed by atoms with Gasteiger partial charge in [0.2, 0.25) is 0 Å². The van der Waals surface area contributed by atoms with E-state index in [1.54, 1.807) is 16.9 Å². The largest absolute Gasteiger partial charge is 0.471 e. The van der Waals surface area contributed by atoms with Crippen molar-refractivity contribution in [2.45, 2.75) is 34.4 Å². The van der Waals surface area contributed by atoms with Crippen molar-refractivity contribution in [3.8, 4) is 5.75 Å². The fourth-order valence-electron chi connectivity index (χ4n) is 2.57. The van der Waals surface area contributed by atoms with Gasteiger partial charge in [0.25, 0.3) is 5.91 Å². The lowest BCUT2D eigenvalue weighted by molar-refractivity contribution is 0.102. The van der Waals surface area contributed by atoms with Crippen LogP contribution in [0, 0.1) is 27.7 Å². The van der Waals surface area contributed by atoms with Gasteiger partial charge < -0.3 is 10.1 Å². The molecule has 1 amide bonds. The molecule has 5 nitrogen and oxygen atoms in total. The topological polar surface area (TPSA) is 56.1 Å². The van der Waals surface area contributed by atoms with Crippen molar-refractivity contribution in [3.63, 3.8) is 0 Å². The van der Waals surface area contributed by atoms with E-state index in [9.17, 15) is 4.79 Å². The minimum atomic E-state index is -0.237. The summed E-state index contributed by atoms with van der Waals surface area (Å²) in [7, 11) is 0. The van der Waals surface area contributed by atoms with E-state index in [2.05, 4.69) is 10.4 Å². The van der Waals surface area contributed by atoms with E-state index in [4.69, 9.17) is 4.74 Å². The van der Waals surface area contributed by atoms with Crippen molar-refractivity contribution in [3.05, 3.63) is 76.6 Å². The minimum absolute atomic E-state index is 0.237. The fourth-order valence-corrected chi connectivity index (χ4v) is 2.57. The van der Waals surface area contributed by atoms with Crippen LogP contribution in [0.15, 0.2) is 48.7 Å². The lowest BCUT2D eigenvalue weighted by Crippen LogP contribution is -2.14. The van der Waals surface area contributed by atoms with E-state index in [-0.39, 0.29) is 12.6 Å². The smallest absolute Gasteiger partial charge is 0.276 e. The normalized spacial score (nSPS) is 10.6. The average molecular weight is 349 g/mol. The van der Waals surface area contributed by atoms with E-state index in [0.29, 0.717) is 5.69 Å². The van der Waals surface area contributed by atoms with Crippen LogP contribution in [-0.4, -0.2) is 15.7 Å². The Morgan fingerprint density at radius 3 is 2.54 bits per heavy atom. The van der Waals surface area contributed by atoms with Crippen molar-refractivity contribution in [2.75, 3.05) is 5.32 Å². The SMILES string of the molecule is Cc1ccc(C)c(OCn2ccc(C(=O)Nc3ccc(C)c(C)c3)n2)c1. The predicted molar refractivity (Wildman–Crippen MR) is 103 cm³/mol. The molecule has 1 aromatic heterocycles. The molecule has 0 aliphatic heterocycles. The molecule has 3 rings (SSSR count). The quantitative estimate of drug-likeness (QED) is 0.742. The summed E-state index contributed by atoms with van der Waals surface area (Å²) < 4.78 is 7.42. The zero-order valence-electron chi connectivity index (χ0n) is 15.5. The highest BCUT2D eigenvalue weighted by molar-refractivity contribution is 6.02. The Hall–Kier alpha value is -3.08. The summed E-state index contributed by atoms with van der Waals surface area (Å²) in [5.41, 5.74) is 5.65. The predicted octanol–water partition coefficient (Wildman–Crippen LogP) is 4.41. The van der Waals surface area contributed by atoms with Gasteiger partial charge in [-0.1, -0.05) is 18.2 Å². The monoisotopic (exact) mass is 349 g/mol. The highest BCUT2D eigenvalue weighted by Gasteiger charge is 2.11. The second kappa shape index (κ2) is 7.44. The molecule has 0 atom stereocenters. The van der Waals surface area contributed by atoms with Gasteiger partial charge in [-0.15, -0.1) is 0 Å². The number of hydrogen-bond acceptors (Lipinski definition) is 3. The van der Waals surface area contributed by atoms with E-state index >= 15 is 0 Å². The molecule has 0 radical (unpaired) electrons. The number of carbonyl (C=O) groups is 1. The molecule has 0 fully saturated rings. The Morgan fingerprint density at radius 1 is 1.00 bits per heavy atom. The number of anilines is 1. The molecule has 1 N–H and O–H groups in total. The van der Waals surface area contributed by atoms with Crippen molar-refractivity contribution in [2.24, 2.45) is 0 Å². The van der Waals surface area contributed by atoms with Crippen molar-refractivity contribution in [1.29, 1.82) is 0 Å². The van der Waals surface area contributed by atoms with Gasteiger partial charge in [0.1, 0.15) is 5.75 Å². The molecule has 0 aliphatic carbocycles. The fraction of sp³-hybridized carbons (Fsp3) is 0.238. The third-order valence-corrected chi connectivity index (χ3v) is 4.33. The molecule has 0 saturated carbocycles. The first-order valence-corrected chi connectivity index (χ1v) is 8.54. The van der Waals surface area contributed by atoms with E-state index in [0.717, 1.165) is 28.1 Å². The number of rotatable bonds is 5. The van der Waals surface area contributed by atoms with Gasteiger partial charge in [-0.3, -0.25) is 4.79 Å². The summed E-state index contributed by atoms with van der Waals surface area (Å²) in [4.78, 5) is 12.4. The molecule has 1 heterocycles. The molecule has 0 aliphatic rings. The zero-order valence-corrected chi connectivity index (χ0v) is 15.5. The number of carbonyl (C=O) groups excluding carboxylic acids is 1. The van der Waals surface area contributed by atoms with Crippen LogP contribution in [0.2, 0.25) is 0 Å². The summed E-state index contributed by atoms with van der Waals surface area (Å²) in [6.07, 6.45) is 1.74. The molecule has 5 heteroatoms. The maximum Gasteiger partial charge on any atom is 0.276 e.